The summed E-state index contributed by atoms with van der Waals surface area (Å²) in [6, 6.07) is 6.76. The molecule has 1 amide bonds. The maximum atomic E-state index is 11.6. The van der Waals surface area contributed by atoms with Crippen molar-refractivity contribution in [3.63, 3.8) is 0 Å². The summed E-state index contributed by atoms with van der Waals surface area (Å²) >= 11 is 3.26. The summed E-state index contributed by atoms with van der Waals surface area (Å²) in [6.07, 6.45) is 0.702. The maximum absolute atomic E-state index is 11.6. The minimum Gasteiger partial charge on any atom is -0.325 e. The standard InChI is InChI=1S/C12H15BrN2O2/c1-2-10(13)12(17)15-9-5-3-4-8(6-9)11(16)7-14/h3-6,10H,2,7,14H2,1H3,(H,15,17). The Kier molecular flexibility index (Phi) is 5.31. The lowest BCUT2D eigenvalue weighted by Gasteiger charge is -2.09. The number of nitrogens with two attached hydrogens (primary N) is 1. The smallest absolute Gasteiger partial charge is 0.238 e. The summed E-state index contributed by atoms with van der Waals surface area (Å²) in [5, 5.41) is 2.73. The van der Waals surface area contributed by atoms with Crippen molar-refractivity contribution in [1.82, 2.24) is 0 Å². The van der Waals surface area contributed by atoms with Gasteiger partial charge in [0.2, 0.25) is 5.91 Å². The molecule has 92 valence electrons. The highest BCUT2D eigenvalue weighted by Crippen LogP contribution is 2.13. The molecule has 1 rings (SSSR count). The number of amides is 1. The normalized spacial score (nSPS) is 11.9. The fourth-order valence-electron chi connectivity index (χ4n) is 1.29. The molecule has 0 bridgehead atoms. The monoisotopic (exact) mass is 298 g/mol. The molecule has 0 saturated heterocycles. The van der Waals surface area contributed by atoms with Crippen LogP contribution in [0.15, 0.2) is 24.3 Å². The fraction of sp³-hybridized carbons (Fsp3) is 0.333. The molecule has 3 N–H and O–H groups in total. The van der Waals surface area contributed by atoms with Gasteiger partial charge in [-0.25, -0.2) is 0 Å². The van der Waals surface area contributed by atoms with E-state index in [2.05, 4.69) is 21.2 Å². The Balaban J connectivity index is 2.79. The van der Waals surface area contributed by atoms with Crippen LogP contribution >= 0.6 is 15.9 Å². The Labute approximate surface area is 109 Å². The predicted molar refractivity (Wildman–Crippen MR) is 71.5 cm³/mol. The van der Waals surface area contributed by atoms with Crippen molar-refractivity contribution < 1.29 is 9.59 Å². The van der Waals surface area contributed by atoms with E-state index >= 15 is 0 Å². The van der Waals surface area contributed by atoms with Crippen LogP contribution in [0.2, 0.25) is 0 Å². The van der Waals surface area contributed by atoms with Gasteiger partial charge >= 0.3 is 0 Å². The highest BCUT2D eigenvalue weighted by Gasteiger charge is 2.12. The van der Waals surface area contributed by atoms with Crippen molar-refractivity contribution >= 4 is 33.3 Å². The minimum atomic E-state index is -0.226. The Morgan fingerprint density at radius 1 is 1.47 bits per heavy atom. The van der Waals surface area contributed by atoms with Gasteiger partial charge in [-0.3, -0.25) is 9.59 Å². The number of alkyl halides is 1. The molecule has 0 radical (unpaired) electrons. The topological polar surface area (TPSA) is 72.2 Å². The van der Waals surface area contributed by atoms with E-state index in [1.54, 1.807) is 24.3 Å². The number of hydrogen-bond donors (Lipinski definition) is 2. The fourth-order valence-corrected chi connectivity index (χ4v) is 1.41. The van der Waals surface area contributed by atoms with Gasteiger partial charge in [0, 0.05) is 11.3 Å². The predicted octanol–water partition coefficient (Wildman–Crippen LogP) is 1.94. The first-order valence-corrected chi connectivity index (χ1v) is 6.28. The summed E-state index contributed by atoms with van der Waals surface area (Å²) in [7, 11) is 0. The Hall–Kier alpha value is -1.20. The number of halogens is 1. The third-order valence-electron chi connectivity index (χ3n) is 2.28. The number of ketones is 1. The second kappa shape index (κ2) is 6.51. The molecule has 0 aromatic heterocycles. The molecule has 0 aliphatic carbocycles. The molecule has 0 heterocycles. The molecule has 0 aliphatic rings. The van der Waals surface area contributed by atoms with E-state index < -0.39 is 0 Å². The number of benzene rings is 1. The van der Waals surface area contributed by atoms with Crippen molar-refractivity contribution in [2.45, 2.75) is 18.2 Å². The van der Waals surface area contributed by atoms with Crippen LogP contribution in [0.4, 0.5) is 5.69 Å². The van der Waals surface area contributed by atoms with Gasteiger partial charge < -0.3 is 11.1 Å². The third kappa shape index (κ3) is 3.94. The highest BCUT2D eigenvalue weighted by atomic mass is 79.9. The molecule has 1 atom stereocenters. The number of hydrogen-bond acceptors (Lipinski definition) is 3. The van der Waals surface area contributed by atoms with E-state index in [-0.39, 0.29) is 23.1 Å². The zero-order valence-corrected chi connectivity index (χ0v) is 11.2. The van der Waals surface area contributed by atoms with Gasteiger partial charge in [-0.1, -0.05) is 35.0 Å². The first kappa shape index (κ1) is 13.9. The number of carbonyl (C=O) groups is 2. The lowest BCUT2D eigenvalue weighted by Crippen LogP contribution is -2.22. The summed E-state index contributed by atoms with van der Waals surface area (Å²) in [6.45, 7) is 1.88. The van der Waals surface area contributed by atoms with Crippen LogP contribution in [0, 0.1) is 0 Å². The summed E-state index contributed by atoms with van der Waals surface area (Å²) < 4.78 is 0. The van der Waals surface area contributed by atoms with Crippen molar-refractivity contribution in [3.05, 3.63) is 29.8 Å². The van der Waals surface area contributed by atoms with Gasteiger partial charge in [-0.15, -0.1) is 0 Å². The highest BCUT2D eigenvalue weighted by molar-refractivity contribution is 9.10. The van der Waals surface area contributed by atoms with E-state index in [0.717, 1.165) is 0 Å². The van der Waals surface area contributed by atoms with Gasteiger partial charge in [0.05, 0.1) is 11.4 Å². The van der Waals surface area contributed by atoms with E-state index in [1.807, 2.05) is 6.92 Å². The third-order valence-corrected chi connectivity index (χ3v) is 3.34. The van der Waals surface area contributed by atoms with Gasteiger partial charge in [0.1, 0.15) is 0 Å². The van der Waals surface area contributed by atoms with Crippen LogP contribution in [-0.4, -0.2) is 23.1 Å². The van der Waals surface area contributed by atoms with Gasteiger partial charge in [-0.2, -0.15) is 0 Å². The molecule has 17 heavy (non-hydrogen) atoms. The van der Waals surface area contributed by atoms with Crippen molar-refractivity contribution in [2.75, 3.05) is 11.9 Å². The first-order chi connectivity index (χ1) is 8.08. The lowest BCUT2D eigenvalue weighted by atomic mass is 10.1. The Morgan fingerprint density at radius 3 is 2.76 bits per heavy atom. The van der Waals surface area contributed by atoms with Crippen LogP contribution < -0.4 is 11.1 Å². The average Bonchev–Trinajstić information content (AvgIpc) is 2.37. The molecule has 1 aromatic carbocycles. The number of carbonyl (C=O) groups excluding carboxylic acids is 2. The van der Waals surface area contributed by atoms with Crippen LogP contribution in [0.5, 0.6) is 0 Å². The van der Waals surface area contributed by atoms with Crippen LogP contribution in [0.1, 0.15) is 23.7 Å². The SMILES string of the molecule is CCC(Br)C(=O)Nc1cccc(C(=O)CN)c1. The minimum absolute atomic E-state index is 0.0343. The summed E-state index contributed by atoms with van der Waals surface area (Å²) in [5.74, 6) is -0.267. The molecule has 0 spiro atoms. The Bertz CT molecular complexity index is 421. The summed E-state index contributed by atoms with van der Waals surface area (Å²) in [5.41, 5.74) is 6.39. The lowest BCUT2D eigenvalue weighted by molar-refractivity contribution is -0.115. The molecular formula is C12H15BrN2O2. The molecular weight excluding hydrogens is 284 g/mol. The summed E-state index contributed by atoms with van der Waals surface area (Å²) in [4.78, 5) is 22.8. The molecule has 1 unspecified atom stereocenters. The number of rotatable bonds is 5. The second-order valence-electron chi connectivity index (χ2n) is 3.57. The zero-order valence-electron chi connectivity index (χ0n) is 9.57. The van der Waals surface area contributed by atoms with Gasteiger partial charge in [0.15, 0.2) is 5.78 Å². The Morgan fingerprint density at radius 2 is 2.18 bits per heavy atom. The van der Waals surface area contributed by atoms with E-state index in [9.17, 15) is 9.59 Å². The van der Waals surface area contributed by atoms with Crippen LogP contribution in [0.3, 0.4) is 0 Å². The molecule has 0 aliphatic heterocycles. The van der Waals surface area contributed by atoms with E-state index in [1.165, 1.54) is 0 Å². The number of Topliss-reactive ketones (excluding diaryl/α,β-unsaturated/α-hetero) is 1. The van der Waals surface area contributed by atoms with Crippen LogP contribution in [-0.2, 0) is 4.79 Å². The molecule has 4 nitrogen and oxygen atoms in total. The molecule has 0 saturated carbocycles. The molecule has 5 heteroatoms. The molecule has 1 aromatic rings. The van der Waals surface area contributed by atoms with Crippen LogP contribution in [0.25, 0.3) is 0 Å². The number of nitrogens with one attached hydrogen (secondary N) is 1. The van der Waals surface area contributed by atoms with Gasteiger partial charge in [0.25, 0.3) is 0 Å². The van der Waals surface area contributed by atoms with E-state index in [0.29, 0.717) is 17.7 Å². The first-order valence-electron chi connectivity index (χ1n) is 5.36. The zero-order chi connectivity index (χ0) is 12.8. The average molecular weight is 299 g/mol. The van der Waals surface area contributed by atoms with Crippen molar-refractivity contribution in [2.24, 2.45) is 5.73 Å². The maximum Gasteiger partial charge on any atom is 0.238 e. The van der Waals surface area contributed by atoms with Crippen molar-refractivity contribution in [1.29, 1.82) is 0 Å². The van der Waals surface area contributed by atoms with Crippen molar-refractivity contribution in [3.8, 4) is 0 Å². The number of anilines is 1. The van der Waals surface area contributed by atoms with E-state index in [4.69, 9.17) is 5.73 Å². The second-order valence-corrected chi connectivity index (χ2v) is 4.68. The largest absolute Gasteiger partial charge is 0.325 e. The quantitative estimate of drug-likeness (QED) is 0.644. The van der Waals surface area contributed by atoms with Gasteiger partial charge in [-0.05, 0) is 18.6 Å². The molecule has 0 fully saturated rings.